The Morgan fingerprint density at radius 1 is 1.08 bits per heavy atom. The molecule has 1 aromatic heterocycles. The number of aromatic nitrogens is 1. The highest BCUT2D eigenvalue weighted by Crippen LogP contribution is 2.13. The highest BCUT2D eigenvalue weighted by Gasteiger charge is 2.04. The molecule has 0 aliphatic rings. The number of ether oxygens (including phenoxy) is 1. The molecule has 2 aromatic rings. The smallest absolute Gasteiger partial charge is 0.255 e. The van der Waals surface area contributed by atoms with Gasteiger partial charge in [0.2, 0.25) is 5.91 Å². The maximum absolute atomic E-state index is 11.9. The van der Waals surface area contributed by atoms with E-state index in [-0.39, 0.29) is 12.5 Å². The lowest BCUT2D eigenvalue weighted by atomic mass is 10.1. The van der Waals surface area contributed by atoms with Gasteiger partial charge >= 0.3 is 0 Å². The Labute approximate surface area is 140 Å². The lowest BCUT2D eigenvalue weighted by Crippen LogP contribution is -2.23. The van der Waals surface area contributed by atoms with Crippen LogP contribution in [-0.4, -0.2) is 23.4 Å². The molecule has 126 valence electrons. The van der Waals surface area contributed by atoms with Gasteiger partial charge in [-0.25, -0.2) is 4.98 Å². The Kier molecular flexibility index (Phi) is 6.13. The molecule has 7 nitrogen and oxygen atoms in total. The van der Waals surface area contributed by atoms with Crippen molar-refractivity contribution in [1.82, 2.24) is 10.3 Å². The molecule has 0 radical (unpaired) electrons. The summed E-state index contributed by atoms with van der Waals surface area (Å²) >= 11 is 0. The van der Waals surface area contributed by atoms with E-state index in [1.165, 1.54) is 0 Å². The van der Waals surface area contributed by atoms with Crippen molar-refractivity contribution in [2.24, 2.45) is 5.73 Å². The fourth-order valence-corrected chi connectivity index (χ4v) is 1.99. The lowest BCUT2D eigenvalue weighted by Gasteiger charge is -2.07. The van der Waals surface area contributed by atoms with Gasteiger partial charge in [-0.1, -0.05) is 18.2 Å². The summed E-state index contributed by atoms with van der Waals surface area (Å²) in [6, 6.07) is 10.7. The van der Waals surface area contributed by atoms with E-state index in [2.05, 4.69) is 10.3 Å². The van der Waals surface area contributed by atoms with Gasteiger partial charge in [0, 0.05) is 19.2 Å². The van der Waals surface area contributed by atoms with Crippen molar-refractivity contribution in [3.63, 3.8) is 0 Å². The van der Waals surface area contributed by atoms with Crippen LogP contribution in [0.25, 0.3) is 0 Å². The zero-order valence-electron chi connectivity index (χ0n) is 13.2. The standard InChI is InChI=1S/C17H20N4O3/c18-15-7-3-13(9-20-15)10-21-17(23)8-4-12-1-5-14(6-2-12)24-11-16(19)22/h1-3,5-7,9H,4,8,10-11H2,(H2,18,20)(H2,19,22)(H,21,23). The number of pyridine rings is 1. The van der Waals surface area contributed by atoms with Crippen molar-refractivity contribution in [3.05, 3.63) is 53.7 Å². The van der Waals surface area contributed by atoms with E-state index in [1.807, 2.05) is 18.2 Å². The number of anilines is 1. The number of benzene rings is 1. The van der Waals surface area contributed by atoms with Crippen molar-refractivity contribution in [3.8, 4) is 5.75 Å². The number of nitrogens with two attached hydrogens (primary N) is 2. The van der Waals surface area contributed by atoms with Crippen LogP contribution in [0.1, 0.15) is 17.5 Å². The third-order valence-electron chi connectivity index (χ3n) is 3.28. The first-order chi connectivity index (χ1) is 11.5. The second-order valence-corrected chi connectivity index (χ2v) is 5.27. The SMILES string of the molecule is NC(=O)COc1ccc(CCC(=O)NCc2ccc(N)nc2)cc1. The second kappa shape index (κ2) is 8.52. The van der Waals surface area contributed by atoms with Crippen molar-refractivity contribution in [1.29, 1.82) is 0 Å². The fourth-order valence-electron chi connectivity index (χ4n) is 1.99. The first-order valence-corrected chi connectivity index (χ1v) is 7.50. The van der Waals surface area contributed by atoms with Gasteiger partial charge in [0.15, 0.2) is 6.61 Å². The summed E-state index contributed by atoms with van der Waals surface area (Å²) in [6.45, 7) is 0.272. The van der Waals surface area contributed by atoms with E-state index in [0.29, 0.717) is 31.0 Å². The quantitative estimate of drug-likeness (QED) is 0.661. The third-order valence-corrected chi connectivity index (χ3v) is 3.28. The minimum atomic E-state index is -0.521. The molecule has 0 unspecified atom stereocenters. The number of nitrogens with zero attached hydrogens (tertiary/aromatic N) is 1. The molecule has 0 fully saturated rings. The molecule has 2 rings (SSSR count). The van der Waals surface area contributed by atoms with E-state index in [0.717, 1.165) is 11.1 Å². The molecule has 1 aromatic carbocycles. The van der Waals surface area contributed by atoms with Crippen LogP contribution in [0, 0.1) is 0 Å². The maximum Gasteiger partial charge on any atom is 0.255 e. The van der Waals surface area contributed by atoms with Crippen LogP contribution in [0.2, 0.25) is 0 Å². The van der Waals surface area contributed by atoms with Crippen LogP contribution < -0.4 is 21.5 Å². The first kappa shape index (κ1) is 17.3. The zero-order valence-corrected chi connectivity index (χ0v) is 13.2. The monoisotopic (exact) mass is 328 g/mol. The van der Waals surface area contributed by atoms with Crippen LogP contribution in [-0.2, 0) is 22.6 Å². The number of carbonyl (C=O) groups is 2. The number of amides is 2. The minimum Gasteiger partial charge on any atom is -0.484 e. The number of primary amides is 1. The van der Waals surface area contributed by atoms with Crippen LogP contribution in [0.3, 0.4) is 0 Å². The van der Waals surface area contributed by atoms with Crippen molar-refractivity contribution < 1.29 is 14.3 Å². The molecular weight excluding hydrogens is 308 g/mol. The van der Waals surface area contributed by atoms with Gasteiger partial charge < -0.3 is 21.5 Å². The van der Waals surface area contributed by atoms with Gasteiger partial charge in [-0.3, -0.25) is 9.59 Å². The molecule has 5 N–H and O–H groups in total. The summed E-state index contributed by atoms with van der Waals surface area (Å²) in [4.78, 5) is 26.5. The van der Waals surface area contributed by atoms with Crippen molar-refractivity contribution in [2.75, 3.05) is 12.3 Å². The van der Waals surface area contributed by atoms with Crippen LogP contribution in [0.15, 0.2) is 42.6 Å². The van der Waals surface area contributed by atoms with Gasteiger partial charge in [-0.2, -0.15) is 0 Å². The summed E-state index contributed by atoms with van der Waals surface area (Å²) in [6.07, 6.45) is 2.63. The van der Waals surface area contributed by atoms with E-state index in [4.69, 9.17) is 16.2 Å². The maximum atomic E-state index is 11.9. The molecule has 0 atom stereocenters. The Balaban J connectivity index is 1.73. The number of rotatable bonds is 8. The molecule has 0 spiro atoms. The van der Waals surface area contributed by atoms with Crippen LogP contribution in [0.4, 0.5) is 5.82 Å². The number of hydrogen-bond acceptors (Lipinski definition) is 5. The second-order valence-electron chi connectivity index (χ2n) is 5.27. The molecule has 0 bridgehead atoms. The largest absolute Gasteiger partial charge is 0.484 e. The number of aryl methyl sites for hydroxylation is 1. The Hall–Kier alpha value is -3.09. The van der Waals surface area contributed by atoms with Gasteiger partial charge in [-0.15, -0.1) is 0 Å². The molecule has 0 aliphatic carbocycles. The summed E-state index contributed by atoms with van der Waals surface area (Å²) < 4.78 is 5.18. The number of hydrogen-bond donors (Lipinski definition) is 3. The van der Waals surface area contributed by atoms with Crippen LogP contribution in [0.5, 0.6) is 5.75 Å². The fraction of sp³-hybridized carbons (Fsp3) is 0.235. The molecule has 0 saturated carbocycles. The van der Waals surface area contributed by atoms with Gasteiger partial charge in [0.1, 0.15) is 11.6 Å². The summed E-state index contributed by atoms with van der Waals surface area (Å²) in [5.41, 5.74) is 12.4. The normalized spacial score (nSPS) is 10.2. The highest BCUT2D eigenvalue weighted by atomic mass is 16.5. The minimum absolute atomic E-state index is 0.0409. The molecule has 7 heteroatoms. The molecular formula is C17H20N4O3. The number of nitrogen functional groups attached to an aromatic ring is 1. The van der Waals surface area contributed by atoms with E-state index >= 15 is 0 Å². The van der Waals surface area contributed by atoms with Crippen LogP contribution >= 0.6 is 0 Å². The topological polar surface area (TPSA) is 120 Å². The summed E-state index contributed by atoms with van der Waals surface area (Å²) in [5, 5.41) is 2.84. The Bertz CT molecular complexity index is 684. The molecule has 2 amide bonds. The average Bonchev–Trinajstić information content (AvgIpc) is 2.58. The van der Waals surface area contributed by atoms with Gasteiger partial charge in [-0.05, 0) is 35.7 Å². The lowest BCUT2D eigenvalue weighted by molar-refractivity contribution is -0.121. The number of nitrogens with one attached hydrogen (secondary N) is 1. The molecule has 1 heterocycles. The number of carbonyl (C=O) groups excluding carboxylic acids is 2. The summed E-state index contributed by atoms with van der Waals surface area (Å²) in [7, 11) is 0. The Morgan fingerprint density at radius 2 is 1.79 bits per heavy atom. The highest BCUT2D eigenvalue weighted by molar-refractivity contribution is 5.76. The van der Waals surface area contributed by atoms with Crippen molar-refractivity contribution >= 4 is 17.6 Å². The van der Waals surface area contributed by atoms with E-state index in [1.54, 1.807) is 24.4 Å². The van der Waals surface area contributed by atoms with Gasteiger partial charge in [0.25, 0.3) is 5.91 Å². The van der Waals surface area contributed by atoms with Gasteiger partial charge in [0.05, 0.1) is 0 Å². The van der Waals surface area contributed by atoms with Crippen molar-refractivity contribution in [2.45, 2.75) is 19.4 Å². The molecule has 0 saturated heterocycles. The summed E-state index contributed by atoms with van der Waals surface area (Å²) in [5.74, 6) is 0.458. The third kappa shape index (κ3) is 5.96. The van der Waals surface area contributed by atoms with E-state index < -0.39 is 5.91 Å². The molecule has 24 heavy (non-hydrogen) atoms. The Morgan fingerprint density at radius 3 is 2.42 bits per heavy atom. The first-order valence-electron chi connectivity index (χ1n) is 7.50. The zero-order chi connectivity index (χ0) is 17.4. The molecule has 0 aliphatic heterocycles. The predicted molar refractivity (Wildman–Crippen MR) is 89.9 cm³/mol. The average molecular weight is 328 g/mol. The van der Waals surface area contributed by atoms with E-state index in [9.17, 15) is 9.59 Å². The predicted octanol–water partition coefficient (Wildman–Crippen LogP) is 0.777.